The van der Waals surface area contributed by atoms with Gasteiger partial charge < -0.3 is 20.6 Å². The van der Waals surface area contributed by atoms with Gasteiger partial charge in [0.2, 0.25) is 0 Å². The molecule has 0 aliphatic carbocycles. The smallest absolute Gasteiger partial charge is 0.407 e. The molecule has 4 nitrogen and oxygen atoms in total. The Morgan fingerprint density at radius 3 is 0.833 bits per heavy atom. The summed E-state index contributed by atoms with van der Waals surface area (Å²) < 4.78 is 7.14. The molecule has 0 atom stereocenters. The Kier molecular flexibility index (Phi) is 1230. The third-order valence-electron chi connectivity index (χ3n) is 0. The molecule has 0 aliphatic heterocycles. The van der Waals surface area contributed by atoms with E-state index in [0.717, 1.165) is 0 Å². The highest BCUT2D eigenvalue weighted by molar-refractivity contribution is 5.95. The molecule has 6 heteroatoms. The van der Waals surface area contributed by atoms with Gasteiger partial charge in [0.25, 0.3) is 0 Å². The first-order chi connectivity index (χ1) is 1.00. The Labute approximate surface area is 60.4 Å². The molecule has 0 unspecified atom stereocenters. The fourth-order valence-corrected chi connectivity index (χ4v) is 0. The summed E-state index contributed by atoms with van der Waals surface area (Å²) in [4.78, 5) is 0. The zero-order valence-electron chi connectivity index (χ0n) is 2.95. The van der Waals surface area contributed by atoms with E-state index in [1.54, 1.807) is 0 Å². The Bertz CT molecular complexity index is 7.51. The van der Waals surface area contributed by atoms with Crippen LogP contribution in [0.2, 0.25) is 0 Å². The molecule has 0 radical (unpaired) electrons. The quantitative estimate of drug-likeness (QED) is 0.322. The molecule has 0 amide bonds. The predicted molar refractivity (Wildman–Crippen MR) is 30.1 cm³/mol. The van der Waals surface area contributed by atoms with Gasteiger partial charge in [-0.2, -0.15) is 0 Å². The molecule has 0 heterocycles. The van der Waals surface area contributed by atoms with Crippen LogP contribution < -0.4 is 0 Å². The molecule has 0 rings (SSSR count). The monoisotopic (exact) mass is 126 g/mol. The van der Waals surface area contributed by atoms with Crippen LogP contribution in [0.1, 0.15) is 0 Å². The van der Waals surface area contributed by atoms with Crippen LogP contribution in [-0.2, 0) is 0 Å². The molecule has 0 saturated carbocycles. The van der Waals surface area contributed by atoms with Gasteiger partial charge in [0.15, 0.2) is 0 Å². The summed E-state index contributed by atoms with van der Waals surface area (Å²) in [5.41, 5.74) is 0. The van der Waals surface area contributed by atoms with Gasteiger partial charge in [-0.05, 0) is 0 Å². The summed E-state index contributed by atoms with van der Waals surface area (Å²) >= 11 is 0.306. The van der Waals surface area contributed by atoms with Crippen molar-refractivity contribution in [2.75, 3.05) is 0 Å². The summed E-state index contributed by atoms with van der Waals surface area (Å²) in [6.45, 7) is 0. The first-order valence-electron chi connectivity index (χ1n) is 0.447. The average molecular weight is 126 g/mol. The molecule has 0 aliphatic rings. The maximum atomic E-state index is 7.14. The molecule has 0 spiro atoms. The normalized spacial score (nSPS) is 0.833. The standard InChI is InChI=1S/Al.Mg.4H2O.4H/h;;4*1H2;;;;/q+1;;;;;;;;;/p-1. The second-order valence-corrected chi connectivity index (χ2v) is 0. The summed E-state index contributed by atoms with van der Waals surface area (Å²) in [6, 6.07) is 0. The van der Waals surface area contributed by atoms with Crippen molar-refractivity contribution in [3.8, 4) is 0 Å². The summed E-state index contributed by atoms with van der Waals surface area (Å²) in [5, 5.41) is 0. The second kappa shape index (κ2) is 125. The molecule has 0 fully saturated rings. The molecule has 0 saturated heterocycles. The maximum Gasteiger partial charge on any atom is 0.407 e. The van der Waals surface area contributed by atoms with Gasteiger partial charge in [-0.15, -0.1) is 0 Å². The van der Waals surface area contributed by atoms with Gasteiger partial charge in [0, 0.05) is 0 Å². The zero-order chi connectivity index (χ0) is 2.00. The van der Waals surface area contributed by atoms with Crippen molar-refractivity contribution in [2.24, 2.45) is 0 Å². The molecule has 7 N–H and O–H groups in total. The van der Waals surface area contributed by atoms with Gasteiger partial charge in [-0.25, -0.2) is 0 Å². The van der Waals surface area contributed by atoms with E-state index in [-0.39, 0.29) is 39.5 Å². The second-order valence-electron chi connectivity index (χ2n) is 0. The Balaban J connectivity index is -0.000000000833. The number of hydrogen-bond donors (Lipinski definition) is 1. The molecule has 0 aromatic heterocycles. The highest BCUT2D eigenvalue weighted by atomic mass is 27.1. The molecule has 6 heavy (non-hydrogen) atoms. The van der Waals surface area contributed by atoms with Crippen molar-refractivity contribution < 1.29 is 20.6 Å². The number of hydrogen-bond acceptors (Lipinski definition) is 1. The summed E-state index contributed by atoms with van der Waals surface area (Å²) in [6.07, 6.45) is 0. The number of rotatable bonds is 0. The van der Waals surface area contributed by atoms with E-state index in [9.17, 15) is 0 Å². The van der Waals surface area contributed by atoms with Gasteiger partial charge in [-0.3, -0.25) is 0 Å². The lowest BCUT2D eigenvalue weighted by molar-refractivity contribution is 0.629. The lowest BCUT2D eigenvalue weighted by Crippen LogP contribution is -1.34. The Morgan fingerprint density at radius 1 is 0.833 bits per heavy atom. The minimum Gasteiger partial charge on any atom is -0.521 e. The molecular weight excluding hydrogens is 115 g/mol. The van der Waals surface area contributed by atoms with Crippen LogP contribution in [0.25, 0.3) is 0 Å². The highest BCUT2D eigenvalue weighted by Crippen LogP contribution is 0.666. The van der Waals surface area contributed by atoms with E-state index in [2.05, 4.69) is 0 Å². The van der Waals surface area contributed by atoms with E-state index in [1.165, 1.54) is 0 Å². The van der Waals surface area contributed by atoms with Crippen LogP contribution in [0.4, 0.5) is 0 Å². The molecular formula is H11AlMgO4. The van der Waals surface area contributed by atoms with Gasteiger partial charge in [0.1, 0.15) is 0 Å². The summed E-state index contributed by atoms with van der Waals surface area (Å²) in [5.74, 6) is 0. The van der Waals surface area contributed by atoms with Crippen LogP contribution in [0.15, 0.2) is 0 Å². The van der Waals surface area contributed by atoms with E-state index in [4.69, 9.17) is 4.16 Å². The van der Waals surface area contributed by atoms with E-state index < -0.39 is 0 Å². The fourth-order valence-electron chi connectivity index (χ4n) is 0. The molecule has 40 valence electrons. The molecule has 0 bridgehead atoms. The predicted octanol–water partition coefficient (Wildman–Crippen LogP) is -4.86. The lowest BCUT2D eigenvalue weighted by atomic mass is 15.9. The van der Waals surface area contributed by atoms with Gasteiger partial charge in [0.05, 0.1) is 0 Å². The average Bonchev–Trinajstić information content (AvgIpc) is 1.00. The topological polar surface area (TPSA) is 115 Å². The van der Waals surface area contributed by atoms with Crippen LogP contribution >= 0.6 is 0 Å². The first-order valence-corrected chi connectivity index (χ1v) is 1.34. The summed E-state index contributed by atoms with van der Waals surface area (Å²) in [7, 11) is 0. The Morgan fingerprint density at radius 2 is 0.833 bits per heavy atom. The van der Waals surface area contributed by atoms with Crippen LogP contribution in [0.5, 0.6) is 0 Å². The van der Waals surface area contributed by atoms with Crippen molar-refractivity contribution in [3.05, 3.63) is 0 Å². The lowest BCUT2D eigenvalue weighted by Gasteiger charge is -1.16. The third-order valence-corrected chi connectivity index (χ3v) is 0. The minimum absolute atomic E-state index is 0. The third kappa shape index (κ3) is 67.9. The fraction of sp³-hybridized carbons (Fsp3) is 0. The largest absolute Gasteiger partial charge is 0.521 e. The van der Waals surface area contributed by atoms with E-state index >= 15 is 0 Å². The molecule has 0 aromatic carbocycles. The Hall–Kier alpha value is 1.14. The van der Waals surface area contributed by atoms with Crippen molar-refractivity contribution in [1.82, 2.24) is 0 Å². The highest BCUT2D eigenvalue weighted by Gasteiger charge is 1.05. The van der Waals surface area contributed by atoms with Crippen LogP contribution in [0.3, 0.4) is 0 Å². The van der Waals surface area contributed by atoms with Crippen molar-refractivity contribution in [3.63, 3.8) is 0 Å². The van der Waals surface area contributed by atoms with E-state index in [1.807, 2.05) is 0 Å². The van der Waals surface area contributed by atoms with Crippen LogP contribution in [0, 0.1) is 0 Å². The van der Waals surface area contributed by atoms with E-state index in [0.29, 0.717) is 16.6 Å². The van der Waals surface area contributed by atoms with Crippen LogP contribution in [-0.4, -0.2) is 60.3 Å². The van der Waals surface area contributed by atoms with Gasteiger partial charge in [-0.1, -0.05) is 0 Å². The van der Waals surface area contributed by atoms with Crippen molar-refractivity contribution >= 4 is 39.7 Å². The minimum atomic E-state index is 0. The SMILES string of the molecule is O.O.O.[MgH2].[OH][AlH2]. The first kappa shape index (κ1) is 58.8. The van der Waals surface area contributed by atoms with Crippen molar-refractivity contribution in [2.45, 2.75) is 0 Å². The molecule has 0 aromatic rings. The zero-order valence-corrected chi connectivity index (χ0v) is 4.95. The van der Waals surface area contributed by atoms with Crippen molar-refractivity contribution in [1.29, 1.82) is 0 Å². The maximum absolute atomic E-state index is 7.14. The van der Waals surface area contributed by atoms with Gasteiger partial charge >= 0.3 is 39.7 Å².